The Labute approximate surface area is 80.5 Å². The number of rotatable bonds is 7. The molecule has 0 spiro atoms. The van der Waals surface area contributed by atoms with Crippen LogP contribution in [-0.2, 0) is 10.1 Å². The predicted octanol–water partition coefficient (Wildman–Crippen LogP) is -0.126. The summed E-state index contributed by atoms with van der Waals surface area (Å²) in [6, 6.07) is 0. The van der Waals surface area contributed by atoms with E-state index >= 15 is 0 Å². The van der Waals surface area contributed by atoms with Gasteiger partial charge in [-0.05, 0) is 12.8 Å². The molecule has 0 aliphatic heterocycles. The van der Waals surface area contributed by atoms with Crippen LogP contribution in [0, 0.1) is 5.92 Å². The minimum absolute atomic E-state index is 0.109. The standard InChI is InChI=1S/C8H19NO3S/c1-8(2)7-9-5-3-4-6-13(10,11)12/h8-9H,3-7H2,1-2H3,(H,10,11,12)/p+1. The first-order valence-electron chi connectivity index (χ1n) is 4.68. The van der Waals surface area contributed by atoms with E-state index in [0.717, 1.165) is 19.5 Å². The molecule has 0 saturated heterocycles. The molecule has 0 aliphatic carbocycles. The van der Waals surface area contributed by atoms with Crippen LogP contribution in [0.5, 0.6) is 0 Å². The molecule has 0 radical (unpaired) electrons. The number of hydrogen-bond acceptors (Lipinski definition) is 2. The number of hydrogen-bond donors (Lipinski definition) is 2. The van der Waals surface area contributed by atoms with Crippen LogP contribution in [0.1, 0.15) is 26.7 Å². The molecule has 0 bridgehead atoms. The molecule has 0 fully saturated rings. The summed E-state index contributed by atoms with van der Waals surface area (Å²) < 4.78 is 29.1. The molecule has 0 saturated carbocycles. The van der Waals surface area contributed by atoms with Gasteiger partial charge < -0.3 is 5.32 Å². The average molecular weight is 210 g/mol. The van der Waals surface area contributed by atoms with E-state index in [-0.39, 0.29) is 5.75 Å². The second kappa shape index (κ2) is 6.34. The normalized spacial score (nSPS) is 12.3. The highest BCUT2D eigenvalue weighted by Crippen LogP contribution is 1.91. The Balaban J connectivity index is 3.18. The fourth-order valence-electron chi connectivity index (χ4n) is 1.02. The van der Waals surface area contributed by atoms with Gasteiger partial charge in [-0.25, -0.2) is 0 Å². The highest BCUT2D eigenvalue weighted by atomic mass is 32.2. The van der Waals surface area contributed by atoms with E-state index < -0.39 is 10.1 Å². The molecule has 3 N–H and O–H groups in total. The molecular weight excluding hydrogens is 190 g/mol. The average Bonchev–Trinajstić information content (AvgIpc) is 1.93. The van der Waals surface area contributed by atoms with E-state index in [4.69, 9.17) is 4.55 Å². The highest BCUT2D eigenvalue weighted by Gasteiger charge is 2.03. The maximum absolute atomic E-state index is 10.3. The molecule has 0 aliphatic rings. The van der Waals surface area contributed by atoms with Crippen molar-refractivity contribution in [3.8, 4) is 0 Å². The summed E-state index contributed by atoms with van der Waals surface area (Å²) >= 11 is 0. The van der Waals surface area contributed by atoms with E-state index in [9.17, 15) is 8.42 Å². The number of unbranched alkanes of at least 4 members (excludes halogenated alkanes) is 1. The quantitative estimate of drug-likeness (QED) is 0.454. The summed E-state index contributed by atoms with van der Waals surface area (Å²) in [6.07, 6.45) is 1.39. The lowest BCUT2D eigenvalue weighted by Gasteiger charge is -2.03. The first-order chi connectivity index (χ1) is 5.92. The van der Waals surface area contributed by atoms with Crippen molar-refractivity contribution >= 4 is 10.1 Å². The van der Waals surface area contributed by atoms with E-state index in [0.29, 0.717) is 12.3 Å². The van der Waals surface area contributed by atoms with Crippen molar-refractivity contribution in [2.45, 2.75) is 26.7 Å². The van der Waals surface area contributed by atoms with Crippen LogP contribution in [0.2, 0.25) is 0 Å². The summed E-state index contributed by atoms with van der Waals surface area (Å²) in [4.78, 5) is 0. The lowest BCUT2D eigenvalue weighted by molar-refractivity contribution is -0.659. The van der Waals surface area contributed by atoms with Gasteiger partial charge in [-0.1, -0.05) is 13.8 Å². The SMILES string of the molecule is CC(C)C[NH2+]CCCCS(=O)(=O)O. The Morgan fingerprint density at radius 1 is 1.31 bits per heavy atom. The molecule has 0 rings (SSSR count). The van der Waals surface area contributed by atoms with Gasteiger partial charge in [-0.2, -0.15) is 8.42 Å². The maximum atomic E-state index is 10.3. The van der Waals surface area contributed by atoms with Crippen molar-refractivity contribution < 1.29 is 18.3 Å². The van der Waals surface area contributed by atoms with Gasteiger partial charge in [0.1, 0.15) is 0 Å². The molecule has 4 nitrogen and oxygen atoms in total. The summed E-state index contributed by atoms with van der Waals surface area (Å²) in [5, 5.41) is 2.18. The van der Waals surface area contributed by atoms with Crippen molar-refractivity contribution in [1.29, 1.82) is 0 Å². The van der Waals surface area contributed by atoms with Crippen LogP contribution in [0.3, 0.4) is 0 Å². The molecule has 80 valence electrons. The second-order valence-corrected chi connectivity index (χ2v) is 5.27. The van der Waals surface area contributed by atoms with Crippen LogP contribution in [0.15, 0.2) is 0 Å². The van der Waals surface area contributed by atoms with Crippen molar-refractivity contribution in [2.75, 3.05) is 18.8 Å². The molecule has 0 atom stereocenters. The molecule has 0 aromatic rings. The minimum atomic E-state index is -3.74. The second-order valence-electron chi connectivity index (χ2n) is 3.70. The third-order valence-corrected chi connectivity index (χ3v) is 2.50. The molecule has 5 heteroatoms. The van der Waals surface area contributed by atoms with Crippen LogP contribution in [0.25, 0.3) is 0 Å². The first kappa shape index (κ1) is 12.9. The van der Waals surface area contributed by atoms with Crippen LogP contribution < -0.4 is 5.32 Å². The fourth-order valence-corrected chi connectivity index (χ4v) is 1.59. The molecule has 0 aromatic heterocycles. The van der Waals surface area contributed by atoms with Gasteiger partial charge >= 0.3 is 0 Å². The zero-order valence-corrected chi connectivity index (χ0v) is 9.18. The largest absolute Gasteiger partial charge is 0.346 e. The van der Waals surface area contributed by atoms with Gasteiger partial charge in [-0.15, -0.1) is 0 Å². The molecule has 0 heterocycles. The van der Waals surface area contributed by atoms with Crippen molar-refractivity contribution in [3.63, 3.8) is 0 Å². The van der Waals surface area contributed by atoms with Gasteiger partial charge in [0.25, 0.3) is 10.1 Å². The predicted molar refractivity (Wildman–Crippen MR) is 52.1 cm³/mol. The summed E-state index contributed by atoms with van der Waals surface area (Å²) in [6.45, 7) is 6.31. The lowest BCUT2D eigenvalue weighted by atomic mass is 10.2. The Bertz CT molecular complexity index is 211. The zero-order valence-electron chi connectivity index (χ0n) is 8.36. The third kappa shape index (κ3) is 11.9. The topological polar surface area (TPSA) is 71.0 Å². The molecular formula is C8H20NO3S+. The number of quaternary nitrogens is 1. The van der Waals surface area contributed by atoms with Crippen LogP contribution in [0.4, 0.5) is 0 Å². The Kier molecular flexibility index (Phi) is 6.28. The number of nitrogens with two attached hydrogens (primary N) is 1. The van der Waals surface area contributed by atoms with Gasteiger partial charge in [0, 0.05) is 5.92 Å². The summed E-state index contributed by atoms with van der Waals surface area (Å²) in [5.74, 6) is 0.560. The zero-order chi connectivity index (χ0) is 10.3. The van der Waals surface area contributed by atoms with Gasteiger partial charge in [0.2, 0.25) is 0 Å². The first-order valence-corrected chi connectivity index (χ1v) is 6.29. The lowest BCUT2D eigenvalue weighted by Crippen LogP contribution is -2.85. The monoisotopic (exact) mass is 210 g/mol. The summed E-state index contributed by atoms with van der Waals surface area (Å²) in [5.41, 5.74) is 0. The minimum Gasteiger partial charge on any atom is -0.346 e. The van der Waals surface area contributed by atoms with Gasteiger partial charge in [0.15, 0.2) is 0 Å². The third-order valence-electron chi connectivity index (χ3n) is 1.70. The molecule has 0 unspecified atom stereocenters. The van der Waals surface area contributed by atoms with Crippen LogP contribution in [-0.4, -0.2) is 31.8 Å². The van der Waals surface area contributed by atoms with E-state index in [1.54, 1.807) is 0 Å². The van der Waals surface area contributed by atoms with Crippen molar-refractivity contribution in [3.05, 3.63) is 0 Å². The smallest absolute Gasteiger partial charge is 0.264 e. The van der Waals surface area contributed by atoms with Crippen LogP contribution >= 0.6 is 0 Å². The Morgan fingerprint density at radius 3 is 2.38 bits per heavy atom. The summed E-state index contributed by atoms with van der Waals surface area (Å²) in [7, 11) is -3.74. The van der Waals surface area contributed by atoms with Gasteiger partial charge in [-0.3, -0.25) is 4.55 Å². The Hall–Kier alpha value is -0.130. The fraction of sp³-hybridized carbons (Fsp3) is 1.00. The van der Waals surface area contributed by atoms with E-state index in [2.05, 4.69) is 19.2 Å². The Morgan fingerprint density at radius 2 is 1.92 bits per heavy atom. The molecule has 0 aromatic carbocycles. The highest BCUT2D eigenvalue weighted by molar-refractivity contribution is 7.85. The molecule has 13 heavy (non-hydrogen) atoms. The van der Waals surface area contributed by atoms with Crippen molar-refractivity contribution in [2.24, 2.45) is 5.92 Å². The molecule has 0 amide bonds. The van der Waals surface area contributed by atoms with E-state index in [1.807, 2.05) is 0 Å². The van der Waals surface area contributed by atoms with Crippen molar-refractivity contribution in [1.82, 2.24) is 0 Å². The maximum Gasteiger partial charge on any atom is 0.264 e. The van der Waals surface area contributed by atoms with E-state index in [1.165, 1.54) is 0 Å². The van der Waals surface area contributed by atoms with Gasteiger partial charge in [0.05, 0.1) is 18.8 Å².